The van der Waals surface area contributed by atoms with Gasteiger partial charge in [-0.25, -0.2) is 4.79 Å². The monoisotopic (exact) mass is 386 g/mol. The first-order valence-electron chi connectivity index (χ1n) is 8.36. The second kappa shape index (κ2) is 9.78. The number of rotatable bonds is 7. The van der Waals surface area contributed by atoms with Crippen molar-refractivity contribution in [2.75, 3.05) is 23.5 Å². The van der Waals surface area contributed by atoms with Crippen LogP contribution in [0.15, 0.2) is 48.5 Å². The van der Waals surface area contributed by atoms with Crippen LogP contribution in [-0.2, 0) is 14.3 Å². The van der Waals surface area contributed by atoms with E-state index >= 15 is 0 Å². The van der Waals surface area contributed by atoms with Gasteiger partial charge in [0.05, 0.1) is 23.7 Å². The molecule has 2 aromatic carbocycles. The minimum absolute atomic E-state index is 0.161. The summed E-state index contributed by atoms with van der Waals surface area (Å²) in [6.07, 6.45) is 0. The largest absolute Gasteiger partial charge is 0.465 e. The Bertz CT molecular complexity index is 804. The molecule has 2 aromatic rings. The van der Waals surface area contributed by atoms with Crippen molar-refractivity contribution in [1.82, 2.24) is 0 Å². The molecule has 0 fully saturated rings. The third kappa shape index (κ3) is 6.45. The quantitative estimate of drug-likeness (QED) is 0.712. The molecular formula is C20H22N2O4S. The van der Waals surface area contributed by atoms with Gasteiger partial charge in [-0.2, -0.15) is 0 Å². The van der Waals surface area contributed by atoms with Crippen LogP contribution in [0.4, 0.5) is 11.4 Å². The van der Waals surface area contributed by atoms with Gasteiger partial charge in [0, 0.05) is 11.4 Å². The number of ether oxygens (including phenoxy) is 1. The van der Waals surface area contributed by atoms with E-state index in [0.29, 0.717) is 11.3 Å². The molecule has 0 saturated heterocycles. The van der Waals surface area contributed by atoms with Gasteiger partial charge in [0.25, 0.3) is 0 Å². The van der Waals surface area contributed by atoms with Crippen LogP contribution >= 0.6 is 11.8 Å². The Balaban J connectivity index is 1.80. The maximum absolute atomic E-state index is 12.2. The normalized spacial score (nSPS) is 11.4. The highest BCUT2D eigenvalue weighted by atomic mass is 32.2. The Hall–Kier alpha value is -2.80. The van der Waals surface area contributed by atoms with Crippen LogP contribution in [-0.4, -0.2) is 35.9 Å². The highest BCUT2D eigenvalue weighted by molar-refractivity contribution is 8.01. The molecule has 2 N–H and O–H groups in total. The average Bonchev–Trinajstić information content (AvgIpc) is 2.67. The van der Waals surface area contributed by atoms with Crippen molar-refractivity contribution in [3.05, 3.63) is 59.7 Å². The number of esters is 1. The van der Waals surface area contributed by atoms with Crippen LogP contribution in [0.3, 0.4) is 0 Å². The Morgan fingerprint density at radius 2 is 1.52 bits per heavy atom. The van der Waals surface area contributed by atoms with E-state index in [1.54, 1.807) is 31.2 Å². The number of aryl methyl sites for hydroxylation is 1. The summed E-state index contributed by atoms with van der Waals surface area (Å²) in [5.41, 5.74) is 2.83. The van der Waals surface area contributed by atoms with Crippen molar-refractivity contribution in [2.45, 2.75) is 19.1 Å². The summed E-state index contributed by atoms with van der Waals surface area (Å²) in [5, 5.41) is 5.15. The zero-order valence-corrected chi connectivity index (χ0v) is 16.3. The molecular weight excluding hydrogens is 364 g/mol. The van der Waals surface area contributed by atoms with Crippen molar-refractivity contribution < 1.29 is 19.1 Å². The van der Waals surface area contributed by atoms with Crippen molar-refractivity contribution in [3.63, 3.8) is 0 Å². The van der Waals surface area contributed by atoms with E-state index < -0.39 is 11.2 Å². The van der Waals surface area contributed by atoms with Crippen LogP contribution in [0.1, 0.15) is 22.8 Å². The molecule has 6 nitrogen and oxygen atoms in total. The van der Waals surface area contributed by atoms with E-state index in [1.807, 2.05) is 31.2 Å². The summed E-state index contributed by atoms with van der Waals surface area (Å²) in [5.74, 6) is -0.639. The number of hydrogen-bond donors (Lipinski definition) is 2. The summed E-state index contributed by atoms with van der Waals surface area (Å²) < 4.78 is 4.63. The maximum Gasteiger partial charge on any atom is 0.337 e. The number of carbonyl (C=O) groups is 3. The fraction of sp³-hybridized carbons (Fsp3) is 0.250. The Morgan fingerprint density at radius 3 is 2.11 bits per heavy atom. The van der Waals surface area contributed by atoms with Gasteiger partial charge in [0.1, 0.15) is 0 Å². The van der Waals surface area contributed by atoms with Crippen LogP contribution in [0.25, 0.3) is 0 Å². The molecule has 0 aliphatic rings. The number of hydrogen-bond acceptors (Lipinski definition) is 5. The molecule has 2 amide bonds. The summed E-state index contributed by atoms with van der Waals surface area (Å²) in [4.78, 5) is 35.6. The van der Waals surface area contributed by atoms with E-state index in [-0.39, 0.29) is 17.6 Å². The lowest BCUT2D eigenvalue weighted by molar-refractivity contribution is -0.115. The fourth-order valence-electron chi connectivity index (χ4n) is 2.16. The minimum atomic E-state index is -0.434. The van der Waals surface area contributed by atoms with Gasteiger partial charge in [-0.05, 0) is 50.2 Å². The Labute approximate surface area is 162 Å². The topological polar surface area (TPSA) is 84.5 Å². The van der Waals surface area contributed by atoms with Crippen LogP contribution in [0, 0.1) is 6.92 Å². The highest BCUT2D eigenvalue weighted by Gasteiger charge is 2.16. The van der Waals surface area contributed by atoms with Gasteiger partial charge in [-0.15, -0.1) is 11.8 Å². The lowest BCUT2D eigenvalue weighted by Crippen LogP contribution is -2.25. The Kier molecular flexibility index (Phi) is 7.43. The molecule has 0 bridgehead atoms. The molecule has 0 aliphatic carbocycles. The number of benzene rings is 2. The van der Waals surface area contributed by atoms with Crippen LogP contribution in [0.5, 0.6) is 0 Å². The van der Waals surface area contributed by atoms with Gasteiger partial charge in [-0.3, -0.25) is 9.59 Å². The summed E-state index contributed by atoms with van der Waals surface area (Å²) in [6.45, 7) is 3.71. The maximum atomic E-state index is 12.2. The SMILES string of the molecule is COC(=O)c1ccc(NC(=O)[C@H](C)SCC(=O)Nc2ccc(C)cc2)cc1. The predicted octanol–water partition coefficient (Wildman–Crippen LogP) is 3.48. The minimum Gasteiger partial charge on any atom is -0.465 e. The Morgan fingerprint density at radius 1 is 0.963 bits per heavy atom. The zero-order chi connectivity index (χ0) is 19.8. The van der Waals surface area contributed by atoms with E-state index in [2.05, 4.69) is 15.4 Å². The standard InChI is InChI=1S/C20H22N2O4S/c1-13-4-8-16(9-5-13)21-18(23)12-27-14(2)19(24)22-17-10-6-15(7-11-17)20(25)26-3/h4-11,14H,12H2,1-3H3,(H,21,23)(H,22,24)/t14-/m0/s1. The van der Waals surface area contributed by atoms with E-state index in [9.17, 15) is 14.4 Å². The lowest BCUT2D eigenvalue weighted by Gasteiger charge is -2.12. The van der Waals surface area contributed by atoms with Crippen LogP contribution < -0.4 is 10.6 Å². The van der Waals surface area contributed by atoms with Gasteiger partial charge < -0.3 is 15.4 Å². The van der Waals surface area contributed by atoms with Crippen LogP contribution in [0.2, 0.25) is 0 Å². The number of carbonyl (C=O) groups excluding carboxylic acids is 3. The van der Waals surface area contributed by atoms with Gasteiger partial charge in [-0.1, -0.05) is 17.7 Å². The first kappa shape index (κ1) is 20.5. The number of amides is 2. The first-order valence-corrected chi connectivity index (χ1v) is 9.41. The molecule has 142 valence electrons. The molecule has 0 spiro atoms. The number of methoxy groups -OCH3 is 1. The van der Waals surface area contributed by atoms with Crippen molar-refractivity contribution in [3.8, 4) is 0 Å². The van der Waals surface area contributed by atoms with Gasteiger partial charge in [0.15, 0.2) is 0 Å². The average molecular weight is 386 g/mol. The smallest absolute Gasteiger partial charge is 0.337 e. The second-order valence-corrected chi connectivity index (χ2v) is 7.25. The molecule has 1 atom stereocenters. The zero-order valence-electron chi connectivity index (χ0n) is 15.4. The lowest BCUT2D eigenvalue weighted by atomic mass is 10.2. The van der Waals surface area contributed by atoms with E-state index in [4.69, 9.17) is 0 Å². The molecule has 0 aliphatic heterocycles. The molecule has 0 heterocycles. The number of thioether (sulfide) groups is 1. The summed E-state index contributed by atoms with van der Waals surface area (Å²) in [7, 11) is 1.31. The second-order valence-electron chi connectivity index (χ2n) is 5.93. The summed E-state index contributed by atoms with van der Waals surface area (Å²) >= 11 is 1.25. The molecule has 0 saturated carbocycles. The fourth-order valence-corrected chi connectivity index (χ4v) is 2.85. The molecule has 0 aromatic heterocycles. The van der Waals surface area contributed by atoms with Crippen molar-refractivity contribution in [1.29, 1.82) is 0 Å². The third-order valence-electron chi connectivity index (χ3n) is 3.74. The number of anilines is 2. The summed E-state index contributed by atoms with van der Waals surface area (Å²) in [6, 6.07) is 13.9. The third-order valence-corrected chi connectivity index (χ3v) is 4.89. The predicted molar refractivity (Wildman–Crippen MR) is 108 cm³/mol. The van der Waals surface area contributed by atoms with E-state index in [0.717, 1.165) is 11.3 Å². The number of nitrogens with one attached hydrogen (secondary N) is 2. The molecule has 0 unspecified atom stereocenters. The molecule has 7 heteroatoms. The molecule has 2 rings (SSSR count). The van der Waals surface area contributed by atoms with E-state index in [1.165, 1.54) is 18.9 Å². The molecule has 0 radical (unpaired) electrons. The molecule has 27 heavy (non-hydrogen) atoms. The first-order chi connectivity index (χ1) is 12.9. The van der Waals surface area contributed by atoms with Crippen molar-refractivity contribution >= 4 is 40.9 Å². The van der Waals surface area contributed by atoms with Gasteiger partial charge in [0.2, 0.25) is 11.8 Å². The highest BCUT2D eigenvalue weighted by Crippen LogP contribution is 2.16. The van der Waals surface area contributed by atoms with Gasteiger partial charge >= 0.3 is 5.97 Å². The van der Waals surface area contributed by atoms with Crippen molar-refractivity contribution in [2.24, 2.45) is 0 Å².